The number of hydrogen-bond acceptors (Lipinski definition) is 3. The number of ether oxygens (including phenoxy) is 1. The van der Waals surface area contributed by atoms with Gasteiger partial charge in [-0.1, -0.05) is 28.1 Å². The van der Waals surface area contributed by atoms with Crippen LogP contribution in [0.15, 0.2) is 46.9 Å². The van der Waals surface area contributed by atoms with Crippen LogP contribution >= 0.6 is 15.9 Å². The average Bonchev–Trinajstić information content (AvgIpc) is 2.58. The predicted octanol–water partition coefficient (Wildman–Crippen LogP) is 4.11. The van der Waals surface area contributed by atoms with E-state index in [-0.39, 0.29) is 11.9 Å². The van der Waals surface area contributed by atoms with Crippen LogP contribution < -0.4 is 4.90 Å². The first-order valence-corrected chi connectivity index (χ1v) is 8.72. The third-order valence-corrected chi connectivity index (χ3v) is 4.51. The summed E-state index contributed by atoms with van der Waals surface area (Å²) < 4.78 is 6.05. The normalized spacial score (nSPS) is 13.6. The Morgan fingerprint density at radius 1 is 1.21 bits per heavy atom. The second-order valence-electron chi connectivity index (χ2n) is 5.67. The molecule has 2 aromatic rings. The van der Waals surface area contributed by atoms with Gasteiger partial charge in [0.25, 0.3) is 0 Å². The summed E-state index contributed by atoms with van der Waals surface area (Å²) in [7, 11) is 0. The minimum Gasteiger partial charge on any atom is -0.462 e. The third-order valence-electron chi connectivity index (χ3n) is 4.02. The van der Waals surface area contributed by atoms with E-state index in [9.17, 15) is 9.59 Å². The number of esters is 1. The van der Waals surface area contributed by atoms with E-state index in [1.54, 1.807) is 24.0 Å². The van der Waals surface area contributed by atoms with Crippen LogP contribution in [0.3, 0.4) is 0 Å². The molecule has 1 heterocycles. The molecule has 0 saturated heterocycles. The minimum atomic E-state index is -0.339. The number of carbonyl (C=O) groups is 2. The van der Waals surface area contributed by atoms with Crippen molar-refractivity contribution < 1.29 is 14.3 Å². The number of aryl methyl sites for hydroxylation is 1. The molecule has 3 rings (SSSR count). The highest BCUT2D eigenvalue weighted by Crippen LogP contribution is 2.31. The third kappa shape index (κ3) is 3.51. The monoisotopic (exact) mass is 387 g/mol. The first-order chi connectivity index (χ1) is 11.6. The molecule has 0 fully saturated rings. The van der Waals surface area contributed by atoms with Crippen molar-refractivity contribution in [3.05, 3.63) is 63.6 Å². The number of anilines is 1. The van der Waals surface area contributed by atoms with Gasteiger partial charge in [-0.05, 0) is 54.8 Å². The SMILES string of the molecule is CCOC(=O)c1cccc(CN2C(=O)CCc3cc(Br)ccc32)c1. The summed E-state index contributed by atoms with van der Waals surface area (Å²) in [6.45, 7) is 2.57. The summed E-state index contributed by atoms with van der Waals surface area (Å²) >= 11 is 3.48. The molecule has 0 spiro atoms. The maximum atomic E-state index is 12.4. The fourth-order valence-corrected chi connectivity index (χ4v) is 3.30. The largest absolute Gasteiger partial charge is 0.462 e. The number of benzene rings is 2. The zero-order chi connectivity index (χ0) is 17.1. The lowest BCUT2D eigenvalue weighted by Crippen LogP contribution is -2.34. The highest BCUT2D eigenvalue weighted by molar-refractivity contribution is 9.10. The fraction of sp³-hybridized carbons (Fsp3) is 0.263. The molecular formula is C19H18BrNO3. The Hall–Kier alpha value is -2.14. The average molecular weight is 388 g/mol. The van der Waals surface area contributed by atoms with Gasteiger partial charge < -0.3 is 9.64 Å². The van der Waals surface area contributed by atoms with Crippen molar-refractivity contribution in [2.75, 3.05) is 11.5 Å². The standard InChI is InChI=1S/C19H18BrNO3/c1-2-24-19(23)15-5-3-4-13(10-15)12-21-17-8-7-16(20)11-14(17)6-9-18(21)22/h3-5,7-8,10-11H,2,6,9,12H2,1H3. The van der Waals surface area contributed by atoms with Crippen molar-refractivity contribution in [3.63, 3.8) is 0 Å². The molecule has 1 aliphatic rings. The van der Waals surface area contributed by atoms with E-state index in [2.05, 4.69) is 22.0 Å². The quantitative estimate of drug-likeness (QED) is 0.741. The molecule has 1 aliphatic heterocycles. The predicted molar refractivity (Wildman–Crippen MR) is 96.1 cm³/mol. The highest BCUT2D eigenvalue weighted by atomic mass is 79.9. The molecule has 0 aromatic heterocycles. The Balaban J connectivity index is 1.87. The lowest BCUT2D eigenvalue weighted by Gasteiger charge is -2.29. The highest BCUT2D eigenvalue weighted by Gasteiger charge is 2.24. The molecule has 0 bridgehead atoms. The van der Waals surface area contributed by atoms with Gasteiger partial charge in [0, 0.05) is 16.6 Å². The topological polar surface area (TPSA) is 46.6 Å². The second-order valence-corrected chi connectivity index (χ2v) is 6.59. The molecule has 2 aromatic carbocycles. The van der Waals surface area contributed by atoms with Crippen molar-refractivity contribution in [1.82, 2.24) is 0 Å². The number of halogens is 1. The molecule has 0 saturated carbocycles. The molecule has 24 heavy (non-hydrogen) atoms. The van der Waals surface area contributed by atoms with E-state index in [0.29, 0.717) is 25.1 Å². The molecule has 0 unspecified atom stereocenters. The summed E-state index contributed by atoms with van der Waals surface area (Å²) in [5.41, 5.74) is 3.51. The Morgan fingerprint density at radius 3 is 2.83 bits per heavy atom. The van der Waals surface area contributed by atoms with E-state index in [4.69, 9.17) is 4.74 Å². The van der Waals surface area contributed by atoms with Gasteiger partial charge in [-0.15, -0.1) is 0 Å². The molecule has 0 aliphatic carbocycles. The fourth-order valence-electron chi connectivity index (χ4n) is 2.90. The Bertz CT molecular complexity index is 788. The number of hydrogen-bond donors (Lipinski definition) is 0. The Labute approximate surface area is 149 Å². The van der Waals surface area contributed by atoms with Crippen molar-refractivity contribution in [1.29, 1.82) is 0 Å². The van der Waals surface area contributed by atoms with Crippen molar-refractivity contribution >= 4 is 33.5 Å². The lowest BCUT2D eigenvalue weighted by molar-refractivity contribution is -0.119. The molecule has 0 atom stereocenters. The van der Waals surface area contributed by atoms with E-state index >= 15 is 0 Å². The lowest BCUT2D eigenvalue weighted by atomic mass is 10.00. The molecule has 4 nitrogen and oxygen atoms in total. The first-order valence-electron chi connectivity index (χ1n) is 7.93. The number of nitrogens with zero attached hydrogens (tertiary/aromatic N) is 1. The van der Waals surface area contributed by atoms with Crippen LogP contribution in [0.4, 0.5) is 5.69 Å². The van der Waals surface area contributed by atoms with Crippen LogP contribution in [-0.4, -0.2) is 18.5 Å². The maximum absolute atomic E-state index is 12.4. The van der Waals surface area contributed by atoms with Crippen LogP contribution in [-0.2, 0) is 22.5 Å². The van der Waals surface area contributed by atoms with E-state index in [0.717, 1.165) is 27.7 Å². The molecule has 1 amide bonds. The van der Waals surface area contributed by atoms with E-state index in [1.807, 2.05) is 24.3 Å². The molecule has 124 valence electrons. The van der Waals surface area contributed by atoms with Gasteiger partial charge in [-0.3, -0.25) is 4.79 Å². The number of amides is 1. The van der Waals surface area contributed by atoms with E-state index < -0.39 is 0 Å². The van der Waals surface area contributed by atoms with Gasteiger partial charge >= 0.3 is 5.97 Å². The smallest absolute Gasteiger partial charge is 0.338 e. The van der Waals surface area contributed by atoms with Crippen molar-refractivity contribution in [2.24, 2.45) is 0 Å². The first kappa shape index (κ1) is 16.7. The van der Waals surface area contributed by atoms with Crippen LogP contribution in [0.2, 0.25) is 0 Å². The van der Waals surface area contributed by atoms with Gasteiger partial charge in [-0.2, -0.15) is 0 Å². The molecular weight excluding hydrogens is 370 g/mol. The van der Waals surface area contributed by atoms with Crippen molar-refractivity contribution in [3.8, 4) is 0 Å². The zero-order valence-corrected chi connectivity index (χ0v) is 15.0. The van der Waals surface area contributed by atoms with E-state index in [1.165, 1.54) is 0 Å². The Morgan fingerprint density at radius 2 is 2.04 bits per heavy atom. The van der Waals surface area contributed by atoms with Gasteiger partial charge in [0.2, 0.25) is 5.91 Å². The van der Waals surface area contributed by atoms with Crippen LogP contribution in [0.1, 0.15) is 34.8 Å². The maximum Gasteiger partial charge on any atom is 0.338 e. The van der Waals surface area contributed by atoms with Gasteiger partial charge in [0.15, 0.2) is 0 Å². The summed E-state index contributed by atoms with van der Waals surface area (Å²) in [6, 6.07) is 13.2. The van der Waals surface area contributed by atoms with Gasteiger partial charge in [0.1, 0.15) is 0 Å². The molecule has 0 radical (unpaired) electrons. The van der Waals surface area contributed by atoms with Gasteiger partial charge in [-0.25, -0.2) is 4.79 Å². The van der Waals surface area contributed by atoms with Crippen LogP contribution in [0, 0.1) is 0 Å². The Kier molecular flexibility index (Phi) is 5.00. The molecule has 0 N–H and O–H groups in total. The number of carbonyl (C=O) groups excluding carboxylic acids is 2. The van der Waals surface area contributed by atoms with Crippen LogP contribution in [0.5, 0.6) is 0 Å². The summed E-state index contributed by atoms with van der Waals surface area (Å²) in [4.78, 5) is 26.1. The molecule has 5 heteroatoms. The summed E-state index contributed by atoms with van der Waals surface area (Å²) in [6.07, 6.45) is 1.26. The van der Waals surface area contributed by atoms with Crippen molar-refractivity contribution in [2.45, 2.75) is 26.3 Å². The van der Waals surface area contributed by atoms with Gasteiger partial charge in [0.05, 0.1) is 18.7 Å². The minimum absolute atomic E-state index is 0.103. The second kappa shape index (κ2) is 7.18. The summed E-state index contributed by atoms with van der Waals surface area (Å²) in [5, 5.41) is 0. The number of fused-ring (bicyclic) bond motifs is 1. The number of rotatable bonds is 4. The van der Waals surface area contributed by atoms with Crippen LogP contribution in [0.25, 0.3) is 0 Å². The zero-order valence-electron chi connectivity index (χ0n) is 13.4. The summed E-state index contributed by atoms with van der Waals surface area (Å²) in [5.74, 6) is -0.236.